The highest BCUT2D eigenvalue weighted by Crippen LogP contribution is 2.27. The summed E-state index contributed by atoms with van der Waals surface area (Å²) in [5.74, 6) is -0.317. The van der Waals surface area contributed by atoms with Gasteiger partial charge in [0, 0.05) is 18.0 Å². The van der Waals surface area contributed by atoms with E-state index in [1.54, 1.807) is 13.2 Å². The molecule has 0 spiro atoms. The van der Waals surface area contributed by atoms with Crippen molar-refractivity contribution in [3.63, 3.8) is 0 Å². The lowest BCUT2D eigenvalue weighted by Gasteiger charge is -2.01. The Balaban J connectivity index is 1.58. The van der Waals surface area contributed by atoms with Gasteiger partial charge in [0.05, 0.1) is 11.9 Å². The molecular weight excluding hydrogens is 322 g/mol. The first-order valence-electron chi connectivity index (χ1n) is 7.31. The molecule has 118 valence electrons. The van der Waals surface area contributed by atoms with Gasteiger partial charge in [0.25, 0.3) is 5.91 Å². The third kappa shape index (κ3) is 2.77. The highest BCUT2D eigenvalue weighted by atomic mass is 32.1. The highest BCUT2D eigenvalue weighted by Gasteiger charge is 2.13. The van der Waals surface area contributed by atoms with E-state index >= 15 is 0 Å². The van der Waals surface area contributed by atoms with Crippen molar-refractivity contribution in [1.29, 1.82) is 0 Å². The maximum atomic E-state index is 12.1. The van der Waals surface area contributed by atoms with Gasteiger partial charge in [-0.25, -0.2) is 4.98 Å². The lowest BCUT2D eigenvalue weighted by molar-refractivity contribution is 0.102. The van der Waals surface area contributed by atoms with E-state index < -0.39 is 0 Å². The normalized spacial score (nSPS) is 10.9. The molecule has 4 aromatic rings. The van der Waals surface area contributed by atoms with E-state index in [1.807, 2.05) is 23.6 Å². The topological polar surface area (TPSA) is 72.7 Å². The SMILES string of the molecule is Cn1cc(C(=O)Nc2nc(-c3ccc4ccccc4c3)cs2)nn1. The fraction of sp³-hybridized carbons (Fsp3) is 0.0588. The van der Waals surface area contributed by atoms with Crippen LogP contribution in [0.5, 0.6) is 0 Å². The highest BCUT2D eigenvalue weighted by molar-refractivity contribution is 7.14. The summed E-state index contributed by atoms with van der Waals surface area (Å²) < 4.78 is 1.48. The minimum atomic E-state index is -0.317. The van der Waals surface area contributed by atoms with Crippen molar-refractivity contribution in [3.05, 3.63) is 59.7 Å². The minimum Gasteiger partial charge on any atom is -0.296 e. The maximum Gasteiger partial charge on any atom is 0.279 e. The van der Waals surface area contributed by atoms with Gasteiger partial charge in [0.1, 0.15) is 0 Å². The second-order valence-electron chi connectivity index (χ2n) is 5.33. The minimum absolute atomic E-state index is 0.264. The average molecular weight is 335 g/mol. The van der Waals surface area contributed by atoms with Gasteiger partial charge < -0.3 is 0 Å². The number of rotatable bonds is 3. The summed E-state index contributed by atoms with van der Waals surface area (Å²) >= 11 is 1.38. The zero-order valence-electron chi connectivity index (χ0n) is 12.8. The van der Waals surface area contributed by atoms with Gasteiger partial charge in [-0.3, -0.25) is 14.8 Å². The summed E-state index contributed by atoms with van der Waals surface area (Å²) in [6, 6.07) is 14.4. The summed E-state index contributed by atoms with van der Waals surface area (Å²) in [5, 5.41) is 15.1. The standard InChI is InChI=1S/C17H13N5OS/c1-22-9-14(20-21-22)16(23)19-17-18-15(10-24-17)13-7-6-11-4-2-3-5-12(11)8-13/h2-10H,1H3,(H,18,19,23). The van der Waals surface area contributed by atoms with Crippen LogP contribution in [0, 0.1) is 0 Å². The number of thiazole rings is 1. The number of carbonyl (C=O) groups is 1. The Morgan fingerprint density at radius 2 is 2.00 bits per heavy atom. The molecule has 0 saturated carbocycles. The number of aryl methyl sites for hydroxylation is 1. The van der Waals surface area contributed by atoms with Gasteiger partial charge in [-0.15, -0.1) is 16.4 Å². The first kappa shape index (κ1) is 14.5. The largest absolute Gasteiger partial charge is 0.296 e. The van der Waals surface area contributed by atoms with Crippen LogP contribution < -0.4 is 5.32 Å². The molecule has 0 radical (unpaired) electrons. The van der Waals surface area contributed by atoms with Crippen molar-refractivity contribution in [2.75, 3.05) is 5.32 Å². The molecule has 0 bridgehead atoms. The first-order chi connectivity index (χ1) is 11.7. The molecule has 1 N–H and O–H groups in total. The van der Waals surface area contributed by atoms with Gasteiger partial charge >= 0.3 is 0 Å². The summed E-state index contributed by atoms with van der Waals surface area (Å²) in [7, 11) is 1.71. The number of amides is 1. The molecule has 0 aliphatic carbocycles. The Labute approximate surface area is 141 Å². The van der Waals surface area contributed by atoms with Gasteiger partial charge in [-0.05, 0) is 16.8 Å². The summed E-state index contributed by atoms with van der Waals surface area (Å²) in [5.41, 5.74) is 2.12. The molecule has 0 aliphatic heterocycles. The number of aromatic nitrogens is 4. The van der Waals surface area contributed by atoms with Gasteiger partial charge in [0.2, 0.25) is 0 Å². The van der Waals surface area contributed by atoms with E-state index in [-0.39, 0.29) is 11.6 Å². The van der Waals surface area contributed by atoms with Crippen molar-refractivity contribution in [1.82, 2.24) is 20.0 Å². The van der Waals surface area contributed by atoms with Crippen LogP contribution in [0.2, 0.25) is 0 Å². The summed E-state index contributed by atoms with van der Waals surface area (Å²) in [6.07, 6.45) is 1.56. The van der Waals surface area contributed by atoms with E-state index in [4.69, 9.17) is 0 Å². The van der Waals surface area contributed by atoms with Crippen molar-refractivity contribution in [3.8, 4) is 11.3 Å². The molecule has 6 nitrogen and oxygen atoms in total. The molecule has 0 fully saturated rings. The molecule has 2 heterocycles. The van der Waals surface area contributed by atoms with E-state index in [2.05, 4.69) is 44.9 Å². The predicted octanol–water partition coefficient (Wildman–Crippen LogP) is 3.34. The van der Waals surface area contributed by atoms with E-state index in [0.29, 0.717) is 5.13 Å². The average Bonchev–Trinajstić information content (AvgIpc) is 3.23. The molecular formula is C17H13N5OS. The number of anilines is 1. The van der Waals surface area contributed by atoms with Crippen LogP contribution in [0.4, 0.5) is 5.13 Å². The zero-order chi connectivity index (χ0) is 16.5. The molecule has 24 heavy (non-hydrogen) atoms. The van der Waals surface area contributed by atoms with Crippen LogP contribution in [-0.2, 0) is 7.05 Å². The smallest absolute Gasteiger partial charge is 0.279 e. The third-order valence-corrected chi connectivity index (χ3v) is 4.36. The molecule has 0 unspecified atom stereocenters. The van der Waals surface area contributed by atoms with Gasteiger partial charge in [0.15, 0.2) is 10.8 Å². The molecule has 4 rings (SSSR count). The van der Waals surface area contributed by atoms with Crippen LogP contribution in [0.15, 0.2) is 54.0 Å². The Kier molecular flexibility index (Phi) is 3.55. The first-order valence-corrected chi connectivity index (χ1v) is 8.19. The van der Waals surface area contributed by atoms with Crippen LogP contribution in [0.1, 0.15) is 10.5 Å². The number of nitrogens with one attached hydrogen (secondary N) is 1. The van der Waals surface area contributed by atoms with E-state index in [1.165, 1.54) is 21.4 Å². The number of hydrogen-bond acceptors (Lipinski definition) is 5. The second-order valence-corrected chi connectivity index (χ2v) is 6.19. The van der Waals surface area contributed by atoms with Crippen LogP contribution in [0.3, 0.4) is 0 Å². The number of carbonyl (C=O) groups excluding carboxylic acids is 1. The number of hydrogen-bond donors (Lipinski definition) is 1. The van der Waals surface area contributed by atoms with Crippen LogP contribution in [-0.4, -0.2) is 25.9 Å². The lowest BCUT2D eigenvalue weighted by Crippen LogP contribution is -2.12. The van der Waals surface area contributed by atoms with Crippen molar-refractivity contribution in [2.45, 2.75) is 0 Å². The van der Waals surface area contributed by atoms with E-state index in [0.717, 1.165) is 16.6 Å². The molecule has 0 atom stereocenters. The van der Waals surface area contributed by atoms with Crippen molar-refractivity contribution in [2.24, 2.45) is 7.05 Å². The summed E-state index contributed by atoms with van der Waals surface area (Å²) in [6.45, 7) is 0. The Bertz CT molecular complexity index is 1040. The zero-order valence-corrected chi connectivity index (χ0v) is 13.6. The van der Waals surface area contributed by atoms with Crippen LogP contribution >= 0.6 is 11.3 Å². The summed E-state index contributed by atoms with van der Waals surface area (Å²) in [4.78, 5) is 16.6. The molecule has 1 amide bonds. The number of nitrogens with zero attached hydrogens (tertiary/aromatic N) is 4. The number of fused-ring (bicyclic) bond motifs is 1. The Morgan fingerprint density at radius 1 is 1.17 bits per heavy atom. The molecule has 0 saturated heterocycles. The predicted molar refractivity (Wildman–Crippen MR) is 94.0 cm³/mol. The molecule has 7 heteroatoms. The Morgan fingerprint density at radius 3 is 2.79 bits per heavy atom. The fourth-order valence-corrected chi connectivity index (χ4v) is 3.14. The lowest BCUT2D eigenvalue weighted by atomic mass is 10.1. The monoisotopic (exact) mass is 335 g/mol. The van der Waals surface area contributed by atoms with Crippen LogP contribution in [0.25, 0.3) is 22.0 Å². The quantitative estimate of drug-likeness (QED) is 0.623. The van der Waals surface area contributed by atoms with Crippen molar-refractivity contribution >= 4 is 33.1 Å². The number of benzene rings is 2. The van der Waals surface area contributed by atoms with Gasteiger partial charge in [-0.1, -0.05) is 41.6 Å². The third-order valence-electron chi connectivity index (χ3n) is 3.61. The van der Waals surface area contributed by atoms with E-state index in [9.17, 15) is 4.79 Å². The second kappa shape index (κ2) is 5.86. The molecule has 2 aromatic heterocycles. The molecule has 0 aliphatic rings. The fourth-order valence-electron chi connectivity index (χ4n) is 2.42. The maximum absolute atomic E-state index is 12.1. The van der Waals surface area contributed by atoms with Gasteiger partial charge in [-0.2, -0.15) is 0 Å². The Hall–Kier alpha value is -3.06. The van der Waals surface area contributed by atoms with Crippen molar-refractivity contribution < 1.29 is 4.79 Å². The molecule has 2 aromatic carbocycles.